The second kappa shape index (κ2) is 11.0. The van der Waals surface area contributed by atoms with Gasteiger partial charge in [0.1, 0.15) is 0 Å². The summed E-state index contributed by atoms with van der Waals surface area (Å²) in [7, 11) is 3.62. The van der Waals surface area contributed by atoms with Crippen LogP contribution < -0.4 is 10.6 Å². The van der Waals surface area contributed by atoms with Crippen LogP contribution >= 0.6 is 0 Å². The SMILES string of the molecule is Cc1ccccc1C(=O)Nc1ccc(CCNC2CCN(C(=O)N(C)C)CC2)c2c1CCCC2. The third-order valence-electron chi connectivity index (χ3n) is 7.25. The van der Waals surface area contributed by atoms with Crippen molar-refractivity contribution < 1.29 is 9.59 Å². The van der Waals surface area contributed by atoms with Gasteiger partial charge in [-0.05, 0) is 92.8 Å². The molecule has 0 bridgehead atoms. The second-order valence-electron chi connectivity index (χ2n) is 9.85. The van der Waals surface area contributed by atoms with Gasteiger partial charge in [-0.1, -0.05) is 24.3 Å². The minimum atomic E-state index is -0.0284. The molecule has 2 aromatic rings. The molecule has 1 saturated heterocycles. The van der Waals surface area contributed by atoms with E-state index in [1.165, 1.54) is 29.5 Å². The standard InChI is InChI=1S/C28H38N4O2/c1-20-8-4-5-9-23(20)27(33)30-26-13-12-21(24-10-6-7-11-25(24)26)14-17-29-22-15-18-32(19-16-22)28(34)31(2)3/h4-5,8-9,12-13,22,29H,6-7,10-11,14-19H2,1-3H3,(H,30,33). The zero-order chi connectivity index (χ0) is 24.1. The highest BCUT2D eigenvalue weighted by molar-refractivity contribution is 6.05. The Kier molecular flexibility index (Phi) is 7.88. The van der Waals surface area contributed by atoms with Crippen molar-refractivity contribution in [2.45, 2.75) is 57.9 Å². The third-order valence-corrected chi connectivity index (χ3v) is 7.25. The smallest absolute Gasteiger partial charge is 0.319 e. The van der Waals surface area contributed by atoms with Gasteiger partial charge < -0.3 is 20.4 Å². The van der Waals surface area contributed by atoms with E-state index in [0.717, 1.165) is 68.6 Å². The summed E-state index contributed by atoms with van der Waals surface area (Å²) in [6.45, 7) is 4.55. The molecule has 0 atom stereocenters. The summed E-state index contributed by atoms with van der Waals surface area (Å²) in [4.78, 5) is 28.6. The highest BCUT2D eigenvalue weighted by Gasteiger charge is 2.24. The van der Waals surface area contributed by atoms with Crippen LogP contribution in [0.2, 0.25) is 0 Å². The quantitative estimate of drug-likeness (QED) is 0.669. The van der Waals surface area contributed by atoms with Crippen molar-refractivity contribution in [3.63, 3.8) is 0 Å². The number of nitrogens with zero attached hydrogens (tertiary/aromatic N) is 2. The minimum absolute atomic E-state index is 0.0284. The second-order valence-corrected chi connectivity index (χ2v) is 9.85. The Hall–Kier alpha value is -2.86. The van der Waals surface area contributed by atoms with Crippen molar-refractivity contribution in [3.05, 3.63) is 64.2 Å². The molecular formula is C28H38N4O2. The summed E-state index contributed by atoms with van der Waals surface area (Å²) in [6, 6.07) is 12.6. The first-order valence-electron chi connectivity index (χ1n) is 12.6. The number of amides is 3. The van der Waals surface area contributed by atoms with Crippen LogP contribution in [0.25, 0.3) is 0 Å². The number of nitrogens with one attached hydrogen (secondary N) is 2. The lowest BCUT2D eigenvalue weighted by Gasteiger charge is -2.34. The lowest BCUT2D eigenvalue weighted by Crippen LogP contribution is -2.48. The van der Waals surface area contributed by atoms with Crippen LogP contribution in [0, 0.1) is 6.92 Å². The average Bonchev–Trinajstić information content (AvgIpc) is 2.85. The predicted molar refractivity (Wildman–Crippen MR) is 138 cm³/mol. The molecule has 6 nitrogen and oxygen atoms in total. The van der Waals surface area contributed by atoms with Gasteiger partial charge >= 0.3 is 6.03 Å². The van der Waals surface area contributed by atoms with Gasteiger partial charge in [0.25, 0.3) is 5.91 Å². The van der Waals surface area contributed by atoms with E-state index in [-0.39, 0.29) is 11.9 Å². The first-order chi connectivity index (χ1) is 16.4. The summed E-state index contributed by atoms with van der Waals surface area (Å²) < 4.78 is 0. The van der Waals surface area contributed by atoms with Crippen molar-refractivity contribution in [1.82, 2.24) is 15.1 Å². The van der Waals surface area contributed by atoms with Gasteiger partial charge in [-0.3, -0.25) is 4.79 Å². The molecule has 0 unspecified atom stereocenters. The van der Waals surface area contributed by atoms with Gasteiger partial charge in [-0.2, -0.15) is 0 Å². The Morgan fingerprint density at radius 2 is 1.71 bits per heavy atom. The van der Waals surface area contributed by atoms with E-state index in [2.05, 4.69) is 22.8 Å². The molecule has 4 rings (SSSR count). The van der Waals surface area contributed by atoms with Crippen LogP contribution in [0.5, 0.6) is 0 Å². The summed E-state index contributed by atoms with van der Waals surface area (Å²) in [6.07, 6.45) is 7.49. The van der Waals surface area contributed by atoms with E-state index in [0.29, 0.717) is 6.04 Å². The van der Waals surface area contributed by atoms with Crippen LogP contribution in [0.1, 0.15) is 58.3 Å². The maximum atomic E-state index is 12.9. The fourth-order valence-corrected chi connectivity index (χ4v) is 5.28. The summed E-state index contributed by atoms with van der Waals surface area (Å²) >= 11 is 0. The number of hydrogen-bond donors (Lipinski definition) is 2. The van der Waals surface area contributed by atoms with Crippen LogP contribution in [-0.2, 0) is 19.3 Å². The van der Waals surface area contributed by atoms with Gasteiger partial charge in [-0.25, -0.2) is 4.79 Å². The number of benzene rings is 2. The van der Waals surface area contributed by atoms with Crippen molar-refractivity contribution in [2.75, 3.05) is 39.0 Å². The molecule has 1 fully saturated rings. The molecule has 6 heteroatoms. The van der Waals surface area contributed by atoms with Crippen LogP contribution in [0.3, 0.4) is 0 Å². The number of likely N-dealkylation sites (tertiary alicyclic amines) is 1. The minimum Gasteiger partial charge on any atom is -0.331 e. The van der Waals surface area contributed by atoms with Crippen LogP contribution in [0.15, 0.2) is 36.4 Å². The molecule has 2 aliphatic rings. The number of piperidine rings is 1. The Labute approximate surface area is 203 Å². The Morgan fingerprint density at radius 1 is 1.00 bits per heavy atom. The fraction of sp³-hybridized carbons (Fsp3) is 0.500. The molecule has 1 aliphatic carbocycles. The molecule has 0 radical (unpaired) electrons. The first-order valence-corrected chi connectivity index (χ1v) is 12.6. The normalized spacial score (nSPS) is 16.1. The van der Waals surface area contributed by atoms with Gasteiger partial charge in [0, 0.05) is 44.5 Å². The molecule has 2 aromatic carbocycles. The molecule has 0 aromatic heterocycles. The maximum absolute atomic E-state index is 12.9. The lowest BCUT2D eigenvalue weighted by molar-refractivity contribution is 0.102. The number of carbonyl (C=O) groups excluding carboxylic acids is 2. The van der Waals surface area contributed by atoms with E-state index >= 15 is 0 Å². The number of anilines is 1. The molecule has 2 N–H and O–H groups in total. The molecule has 0 saturated carbocycles. The Bertz CT molecular complexity index is 1030. The van der Waals surface area contributed by atoms with E-state index in [1.54, 1.807) is 4.90 Å². The third kappa shape index (κ3) is 5.61. The topological polar surface area (TPSA) is 64.7 Å². The lowest BCUT2D eigenvalue weighted by atomic mass is 9.86. The van der Waals surface area contributed by atoms with Crippen molar-refractivity contribution in [1.29, 1.82) is 0 Å². The number of carbonyl (C=O) groups is 2. The number of hydrogen-bond acceptors (Lipinski definition) is 3. The average molecular weight is 463 g/mol. The van der Waals surface area contributed by atoms with Crippen LogP contribution in [-0.4, -0.2) is 61.5 Å². The largest absolute Gasteiger partial charge is 0.331 e. The van der Waals surface area contributed by atoms with Gasteiger partial charge in [0.2, 0.25) is 0 Å². The Balaban J connectivity index is 1.36. The molecule has 3 amide bonds. The fourth-order valence-electron chi connectivity index (χ4n) is 5.28. The van der Waals surface area contributed by atoms with E-state index in [4.69, 9.17) is 0 Å². The highest BCUT2D eigenvalue weighted by atomic mass is 16.2. The molecule has 1 aliphatic heterocycles. The summed E-state index contributed by atoms with van der Waals surface area (Å²) in [5.74, 6) is -0.0284. The predicted octanol–water partition coefficient (Wildman–Crippen LogP) is 4.40. The van der Waals surface area contributed by atoms with Crippen molar-refractivity contribution >= 4 is 17.6 Å². The zero-order valence-electron chi connectivity index (χ0n) is 20.8. The maximum Gasteiger partial charge on any atom is 0.319 e. The number of urea groups is 1. The zero-order valence-corrected chi connectivity index (χ0v) is 20.8. The van der Waals surface area contributed by atoms with Crippen molar-refractivity contribution in [3.8, 4) is 0 Å². The first kappa shape index (κ1) is 24.3. The number of rotatable bonds is 6. The Morgan fingerprint density at radius 3 is 2.41 bits per heavy atom. The monoisotopic (exact) mass is 462 g/mol. The number of aryl methyl sites for hydroxylation is 1. The number of fused-ring (bicyclic) bond motifs is 1. The highest BCUT2D eigenvalue weighted by Crippen LogP contribution is 2.31. The van der Waals surface area contributed by atoms with Crippen LogP contribution in [0.4, 0.5) is 10.5 Å². The van der Waals surface area contributed by atoms with Crippen molar-refractivity contribution in [2.24, 2.45) is 0 Å². The van der Waals surface area contributed by atoms with Gasteiger partial charge in [0.05, 0.1) is 0 Å². The van der Waals surface area contributed by atoms with Gasteiger partial charge in [0.15, 0.2) is 0 Å². The molecule has 0 spiro atoms. The van der Waals surface area contributed by atoms with E-state index in [9.17, 15) is 9.59 Å². The molecule has 1 heterocycles. The summed E-state index contributed by atoms with van der Waals surface area (Å²) in [5, 5.41) is 6.91. The van der Waals surface area contributed by atoms with Gasteiger partial charge in [-0.15, -0.1) is 0 Å². The van der Waals surface area contributed by atoms with E-state index in [1.807, 2.05) is 50.2 Å². The molecular weight excluding hydrogens is 424 g/mol. The molecule has 34 heavy (non-hydrogen) atoms. The summed E-state index contributed by atoms with van der Waals surface area (Å²) in [5.41, 5.74) is 6.85. The van der Waals surface area contributed by atoms with E-state index < -0.39 is 0 Å². The molecule has 182 valence electrons.